The molecular formula is C19H24N4O. The number of carbonyl (C=O) groups excluding carboxylic acids is 1. The van der Waals surface area contributed by atoms with E-state index in [1.165, 1.54) is 42.4 Å². The van der Waals surface area contributed by atoms with Crippen molar-refractivity contribution in [2.75, 3.05) is 5.32 Å². The Hall–Kier alpha value is -2.43. The standard InChI is InChI=1S/C19H24N4O/c1-19(2,21-17-10-9-16(18(20)24)22-23-17)12-13-7-8-14-5-3-4-6-15(14)11-13/h7-11H,3-6,12H2,1-2H3,(H2,20,24)(H,21,23). The van der Waals surface area contributed by atoms with Gasteiger partial charge in [0.25, 0.3) is 5.91 Å². The summed E-state index contributed by atoms with van der Waals surface area (Å²) in [5, 5.41) is 11.3. The molecule has 0 spiro atoms. The third kappa shape index (κ3) is 3.91. The summed E-state index contributed by atoms with van der Waals surface area (Å²) in [4.78, 5) is 11.1. The lowest BCUT2D eigenvalue weighted by Crippen LogP contribution is -2.34. The first kappa shape index (κ1) is 16.4. The molecule has 0 unspecified atom stereocenters. The predicted molar refractivity (Wildman–Crippen MR) is 95.0 cm³/mol. The van der Waals surface area contributed by atoms with Gasteiger partial charge in [0.15, 0.2) is 5.69 Å². The van der Waals surface area contributed by atoms with Crippen LogP contribution in [0.2, 0.25) is 0 Å². The van der Waals surface area contributed by atoms with E-state index in [0.717, 1.165) is 6.42 Å². The van der Waals surface area contributed by atoms with E-state index in [0.29, 0.717) is 5.82 Å². The van der Waals surface area contributed by atoms with Gasteiger partial charge in [-0.05, 0) is 74.8 Å². The number of hydrogen-bond donors (Lipinski definition) is 2. The maximum atomic E-state index is 11.1. The van der Waals surface area contributed by atoms with Gasteiger partial charge in [0, 0.05) is 5.54 Å². The number of hydrogen-bond acceptors (Lipinski definition) is 4. The number of nitrogens with one attached hydrogen (secondary N) is 1. The molecule has 5 nitrogen and oxygen atoms in total. The van der Waals surface area contributed by atoms with E-state index in [-0.39, 0.29) is 11.2 Å². The minimum Gasteiger partial charge on any atom is -0.364 e. The molecule has 0 bridgehead atoms. The second-order valence-electron chi connectivity index (χ2n) is 7.16. The molecule has 0 fully saturated rings. The molecule has 1 amide bonds. The molecule has 1 aromatic carbocycles. The molecule has 5 heteroatoms. The van der Waals surface area contributed by atoms with Crippen LogP contribution in [0.3, 0.4) is 0 Å². The predicted octanol–water partition coefficient (Wildman–Crippen LogP) is 2.89. The van der Waals surface area contributed by atoms with Crippen molar-refractivity contribution in [2.45, 2.75) is 51.5 Å². The van der Waals surface area contributed by atoms with Crippen molar-refractivity contribution in [3.63, 3.8) is 0 Å². The van der Waals surface area contributed by atoms with Gasteiger partial charge < -0.3 is 11.1 Å². The molecule has 3 N–H and O–H groups in total. The molecule has 126 valence electrons. The lowest BCUT2D eigenvalue weighted by molar-refractivity contribution is 0.0994. The van der Waals surface area contributed by atoms with Crippen LogP contribution in [-0.4, -0.2) is 21.6 Å². The summed E-state index contributed by atoms with van der Waals surface area (Å²) < 4.78 is 0. The number of aryl methyl sites for hydroxylation is 2. The van der Waals surface area contributed by atoms with Crippen LogP contribution in [-0.2, 0) is 19.3 Å². The fraction of sp³-hybridized carbons (Fsp3) is 0.421. The van der Waals surface area contributed by atoms with Gasteiger partial charge in [-0.2, -0.15) is 0 Å². The Labute approximate surface area is 142 Å². The van der Waals surface area contributed by atoms with E-state index in [1.54, 1.807) is 12.1 Å². The minimum absolute atomic E-state index is 0.174. The van der Waals surface area contributed by atoms with Crippen molar-refractivity contribution in [2.24, 2.45) is 5.73 Å². The van der Waals surface area contributed by atoms with E-state index in [2.05, 4.69) is 47.6 Å². The smallest absolute Gasteiger partial charge is 0.269 e. The molecule has 0 atom stereocenters. The van der Waals surface area contributed by atoms with E-state index in [4.69, 9.17) is 5.73 Å². The number of amides is 1. The topological polar surface area (TPSA) is 80.9 Å². The number of anilines is 1. The molecule has 0 radical (unpaired) electrons. The Kier molecular flexibility index (Phi) is 4.51. The second kappa shape index (κ2) is 6.59. The summed E-state index contributed by atoms with van der Waals surface area (Å²) in [7, 11) is 0. The Balaban J connectivity index is 1.70. The summed E-state index contributed by atoms with van der Waals surface area (Å²) in [6.45, 7) is 4.27. The second-order valence-corrected chi connectivity index (χ2v) is 7.16. The van der Waals surface area contributed by atoms with E-state index in [9.17, 15) is 4.79 Å². The van der Waals surface area contributed by atoms with Gasteiger partial charge in [-0.3, -0.25) is 4.79 Å². The average Bonchev–Trinajstić information content (AvgIpc) is 2.54. The van der Waals surface area contributed by atoms with E-state index >= 15 is 0 Å². The quantitative estimate of drug-likeness (QED) is 0.886. The monoisotopic (exact) mass is 324 g/mol. The van der Waals surface area contributed by atoms with Crippen LogP contribution < -0.4 is 11.1 Å². The highest BCUT2D eigenvalue weighted by atomic mass is 16.1. The zero-order chi connectivity index (χ0) is 17.2. The highest BCUT2D eigenvalue weighted by Crippen LogP contribution is 2.25. The molecular weight excluding hydrogens is 300 g/mol. The van der Waals surface area contributed by atoms with Crippen molar-refractivity contribution in [3.05, 3.63) is 52.7 Å². The van der Waals surface area contributed by atoms with Crippen LogP contribution in [0.1, 0.15) is 53.9 Å². The summed E-state index contributed by atoms with van der Waals surface area (Å²) >= 11 is 0. The van der Waals surface area contributed by atoms with Gasteiger partial charge in [0.1, 0.15) is 5.82 Å². The Morgan fingerprint density at radius 1 is 1.12 bits per heavy atom. The van der Waals surface area contributed by atoms with Crippen LogP contribution in [0.25, 0.3) is 0 Å². The van der Waals surface area contributed by atoms with Gasteiger partial charge in [-0.25, -0.2) is 0 Å². The first-order chi connectivity index (χ1) is 11.4. The van der Waals surface area contributed by atoms with Crippen molar-refractivity contribution in [3.8, 4) is 0 Å². The minimum atomic E-state index is -0.567. The number of nitrogens with two attached hydrogens (primary N) is 1. The Morgan fingerprint density at radius 2 is 1.88 bits per heavy atom. The van der Waals surface area contributed by atoms with Gasteiger partial charge in [-0.15, -0.1) is 10.2 Å². The number of nitrogens with zero attached hydrogens (tertiary/aromatic N) is 2. The lowest BCUT2D eigenvalue weighted by Gasteiger charge is -2.27. The molecule has 2 aromatic rings. The zero-order valence-corrected chi connectivity index (χ0v) is 14.3. The number of rotatable bonds is 5. The first-order valence-corrected chi connectivity index (χ1v) is 8.45. The Bertz CT molecular complexity index is 738. The maximum Gasteiger partial charge on any atom is 0.269 e. The van der Waals surface area contributed by atoms with Crippen molar-refractivity contribution in [1.29, 1.82) is 0 Å². The molecule has 0 saturated heterocycles. The normalized spacial score (nSPS) is 14.1. The summed E-state index contributed by atoms with van der Waals surface area (Å²) in [6, 6.07) is 10.2. The third-order valence-corrected chi connectivity index (χ3v) is 4.44. The summed E-state index contributed by atoms with van der Waals surface area (Å²) in [5.41, 5.74) is 9.52. The van der Waals surface area contributed by atoms with Crippen molar-refractivity contribution >= 4 is 11.7 Å². The fourth-order valence-corrected chi connectivity index (χ4v) is 3.33. The van der Waals surface area contributed by atoms with Crippen LogP contribution in [0.5, 0.6) is 0 Å². The Morgan fingerprint density at radius 3 is 2.54 bits per heavy atom. The van der Waals surface area contributed by atoms with Gasteiger partial charge in [0.2, 0.25) is 0 Å². The number of carbonyl (C=O) groups is 1. The molecule has 1 aliphatic rings. The summed E-state index contributed by atoms with van der Waals surface area (Å²) in [6.07, 6.45) is 5.88. The SMILES string of the molecule is CC(C)(Cc1ccc2c(c1)CCCC2)Nc1ccc(C(N)=O)nn1. The first-order valence-electron chi connectivity index (χ1n) is 8.45. The molecule has 0 aliphatic heterocycles. The van der Waals surface area contributed by atoms with Gasteiger partial charge in [0.05, 0.1) is 0 Å². The number of benzene rings is 1. The van der Waals surface area contributed by atoms with Crippen LogP contribution in [0, 0.1) is 0 Å². The number of aromatic nitrogens is 2. The summed E-state index contributed by atoms with van der Waals surface area (Å²) in [5.74, 6) is 0.0744. The molecule has 3 rings (SSSR count). The molecule has 1 aromatic heterocycles. The zero-order valence-electron chi connectivity index (χ0n) is 14.3. The van der Waals surface area contributed by atoms with E-state index in [1.807, 2.05) is 0 Å². The molecule has 0 saturated carbocycles. The molecule has 1 aliphatic carbocycles. The number of primary amides is 1. The van der Waals surface area contributed by atoms with Gasteiger partial charge in [-0.1, -0.05) is 18.2 Å². The van der Waals surface area contributed by atoms with Crippen LogP contribution >= 0.6 is 0 Å². The molecule has 1 heterocycles. The highest BCUT2D eigenvalue weighted by molar-refractivity contribution is 5.90. The van der Waals surface area contributed by atoms with Crippen LogP contribution in [0.4, 0.5) is 5.82 Å². The van der Waals surface area contributed by atoms with Gasteiger partial charge >= 0.3 is 0 Å². The van der Waals surface area contributed by atoms with E-state index < -0.39 is 5.91 Å². The largest absolute Gasteiger partial charge is 0.364 e. The molecule has 24 heavy (non-hydrogen) atoms. The lowest BCUT2D eigenvalue weighted by atomic mass is 9.87. The third-order valence-electron chi connectivity index (χ3n) is 4.44. The number of fused-ring (bicyclic) bond motifs is 1. The highest BCUT2D eigenvalue weighted by Gasteiger charge is 2.20. The van der Waals surface area contributed by atoms with Crippen molar-refractivity contribution < 1.29 is 4.79 Å². The average molecular weight is 324 g/mol. The van der Waals surface area contributed by atoms with Crippen molar-refractivity contribution in [1.82, 2.24) is 10.2 Å². The maximum absolute atomic E-state index is 11.1. The van der Waals surface area contributed by atoms with Crippen LogP contribution in [0.15, 0.2) is 30.3 Å². The fourth-order valence-electron chi connectivity index (χ4n) is 3.33.